The van der Waals surface area contributed by atoms with Gasteiger partial charge in [0.05, 0.1) is 25.3 Å². The zero-order valence-corrected chi connectivity index (χ0v) is 10.8. The number of nitrogens with one attached hydrogen (secondary N) is 1. The highest BCUT2D eigenvalue weighted by Gasteiger charge is 2.08. The lowest BCUT2D eigenvalue weighted by Crippen LogP contribution is -2.25. The molecule has 1 rings (SSSR count). The summed E-state index contributed by atoms with van der Waals surface area (Å²) in [6, 6.07) is 4.86. The molecular weight excluding hydrogens is 248 g/mol. The topological polar surface area (TPSA) is 102 Å². The van der Waals surface area contributed by atoms with Crippen molar-refractivity contribution < 1.29 is 19.4 Å². The Labute approximate surface area is 111 Å². The normalized spacial score (nSPS) is 10.2. The summed E-state index contributed by atoms with van der Waals surface area (Å²) in [5.41, 5.74) is 6.66. The van der Waals surface area contributed by atoms with Gasteiger partial charge in [0.2, 0.25) is 0 Å². The third-order valence-corrected chi connectivity index (χ3v) is 2.43. The average molecular weight is 266 g/mol. The quantitative estimate of drug-likeness (QED) is 0.367. The van der Waals surface area contributed by atoms with Crippen LogP contribution in [0.2, 0.25) is 0 Å². The number of aliphatic carboxylic acids is 1. The van der Waals surface area contributed by atoms with E-state index in [-0.39, 0.29) is 25.3 Å². The van der Waals surface area contributed by atoms with Crippen molar-refractivity contribution in [2.45, 2.75) is 13.3 Å². The van der Waals surface area contributed by atoms with Crippen LogP contribution in [-0.4, -0.2) is 36.6 Å². The lowest BCUT2D eigenvalue weighted by Gasteiger charge is -2.08. The highest BCUT2D eigenvalue weighted by molar-refractivity contribution is 5.98. The third kappa shape index (κ3) is 4.97. The van der Waals surface area contributed by atoms with Crippen molar-refractivity contribution in [2.24, 2.45) is 0 Å². The second-order valence-electron chi connectivity index (χ2n) is 3.93. The second-order valence-corrected chi connectivity index (χ2v) is 3.93. The highest BCUT2D eigenvalue weighted by atomic mass is 16.5. The monoisotopic (exact) mass is 266 g/mol. The summed E-state index contributed by atoms with van der Waals surface area (Å²) in [6.07, 6.45) is -0.0152. The number of rotatable bonds is 8. The summed E-state index contributed by atoms with van der Waals surface area (Å²) in [5, 5.41) is 11.2. The van der Waals surface area contributed by atoms with Crippen LogP contribution in [0, 0.1) is 0 Å². The summed E-state index contributed by atoms with van der Waals surface area (Å²) in [6.45, 7) is 2.70. The molecule has 0 aliphatic carbocycles. The number of carbonyl (C=O) groups excluding carboxylic acids is 1. The number of anilines is 1. The zero-order valence-electron chi connectivity index (χ0n) is 10.8. The standard InChI is InChI=1S/C13H18N2O4/c1-2-19-12-4-3-9(7-10(12)14)11(16)8-15-6-5-13(17)18/h3-4,7,15H,2,5-6,8,14H2,1H3,(H,17,18). The Morgan fingerprint density at radius 3 is 2.74 bits per heavy atom. The molecule has 0 saturated carbocycles. The second kappa shape index (κ2) is 7.38. The van der Waals surface area contributed by atoms with Gasteiger partial charge < -0.3 is 20.9 Å². The first-order chi connectivity index (χ1) is 9.04. The predicted octanol–water partition coefficient (Wildman–Crippen LogP) is 0.914. The van der Waals surface area contributed by atoms with E-state index < -0.39 is 5.97 Å². The van der Waals surface area contributed by atoms with Gasteiger partial charge in [-0.3, -0.25) is 9.59 Å². The van der Waals surface area contributed by atoms with E-state index in [9.17, 15) is 9.59 Å². The minimum atomic E-state index is -0.898. The van der Waals surface area contributed by atoms with Gasteiger partial charge in [0.25, 0.3) is 0 Å². The van der Waals surface area contributed by atoms with Crippen molar-refractivity contribution in [3.63, 3.8) is 0 Å². The van der Waals surface area contributed by atoms with E-state index >= 15 is 0 Å². The van der Waals surface area contributed by atoms with Gasteiger partial charge in [-0.2, -0.15) is 0 Å². The van der Waals surface area contributed by atoms with E-state index in [1.54, 1.807) is 18.2 Å². The molecule has 6 heteroatoms. The van der Waals surface area contributed by atoms with Gasteiger partial charge in [-0.25, -0.2) is 0 Å². The van der Waals surface area contributed by atoms with E-state index in [0.717, 1.165) is 0 Å². The third-order valence-electron chi connectivity index (χ3n) is 2.43. The van der Waals surface area contributed by atoms with Gasteiger partial charge in [0, 0.05) is 12.1 Å². The fourth-order valence-electron chi connectivity index (χ4n) is 1.51. The van der Waals surface area contributed by atoms with Crippen LogP contribution in [0.15, 0.2) is 18.2 Å². The van der Waals surface area contributed by atoms with Crippen molar-refractivity contribution in [3.05, 3.63) is 23.8 Å². The molecule has 0 unspecified atom stereocenters. The molecule has 1 aromatic carbocycles. The number of Topliss-reactive ketones (excluding diaryl/α,β-unsaturated/α-hetero) is 1. The van der Waals surface area contributed by atoms with Crippen LogP contribution in [0.4, 0.5) is 5.69 Å². The first-order valence-electron chi connectivity index (χ1n) is 6.02. The fourth-order valence-corrected chi connectivity index (χ4v) is 1.51. The minimum absolute atomic E-state index is 0.0152. The van der Waals surface area contributed by atoms with Gasteiger partial charge in [-0.05, 0) is 25.1 Å². The molecule has 0 aliphatic heterocycles. The SMILES string of the molecule is CCOc1ccc(C(=O)CNCCC(=O)O)cc1N. The number of carboxylic acid groups (broad SMARTS) is 1. The zero-order chi connectivity index (χ0) is 14.3. The molecule has 104 valence electrons. The smallest absolute Gasteiger partial charge is 0.304 e. The first kappa shape index (κ1) is 15.0. The first-order valence-corrected chi connectivity index (χ1v) is 6.02. The van der Waals surface area contributed by atoms with Gasteiger partial charge in [-0.1, -0.05) is 0 Å². The van der Waals surface area contributed by atoms with Crippen molar-refractivity contribution in [3.8, 4) is 5.75 Å². The molecule has 1 aromatic rings. The molecule has 0 atom stereocenters. The maximum absolute atomic E-state index is 11.8. The number of carbonyl (C=O) groups is 2. The van der Waals surface area contributed by atoms with E-state index in [0.29, 0.717) is 23.6 Å². The molecule has 0 spiro atoms. The maximum atomic E-state index is 11.8. The van der Waals surface area contributed by atoms with Crippen LogP contribution in [0.25, 0.3) is 0 Å². The number of benzene rings is 1. The average Bonchev–Trinajstić information content (AvgIpc) is 2.36. The molecule has 6 nitrogen and oxygen atoms in total. The van der Waals surface area contributed by atoms with Crippen LogP contribution >= 0.6 is 0 Å². The Morgan fingerprint density at radius 1 is 1.42 bits per heavy atom. The summed E-state index contributed by atoms with van der Waals surface area (Å²) < 4.78 is 5.28. The molecule has 4 N–H and O–H groups in total. The number of carboxylic acids is 1. The number of ether oxygens (including phenoxy) is 1. The summed E-state index contributed by atoms with van der Waals surface area (Å²) in [4.78, 5) is 22.1. The van der Waals surface area contributed by atoms with Gasteiger partial charge in [0.1, 0.15) is 5.75 Å². The van der Waals surface area contributed by atoms with Crippen LogP contribution in [0.3, 0.4) is 0 Å². The predicted molar refractivity (Wildman–Crippen MR) is 71.5 cm³/mol. The number of hydrogen-bond donors (Lipinski definition) is 3. The van der Waals surface area contributed by atoms with Crippen LogP contribution in [0.1, 0.15) is 23.7 Å². The van der Waals surface area contributed by atoms with Gasteiger partial charge >= 0.3 is 5.97 Å². The molecule has 0 aliphatic rings. The molecular formula is C13H18N2O4. The lowest BCUT2D eigenvalue weighted by atomic mass is 10.1. The molecule has 0 saturated heterocycles. The number of nitrogen functional groups attached to an aromatic ring is 1. The summed E-state index contributed by atoms with van der Waals surface area (Å²) in [5.74, 6) is -0.483. The molecule has 0 fully saturated rings. The highest BCUT2D eigenvalue weighted by Crippen LogP contribution is 2.22. The van der Waals surface area contributed by atoms with Crippen molar-refractivity contribution in [1.29, 1.82) is 0 Å². The van der Waals surface area contributed by atoms with E-state index in [2.05, 4.69) is 5.32 Å². The molecule has 0 amide bonds. The number of hydrogen-bond acceptors (Lipinski definition) is 5. The van der Waals surface area contributed by atoms with Crippen LogP contribution in [0.5, 0.6) is 5.75 Å². The summed E-state index contributed by atoms with van der Waals surface area (Å²) in [7, 11) is 0. The molecule has 19 heavy (non-hydrogen) atoms. The molecule has 0 heterocycles. The van der Waals surface area contributed by atoms with Crippen molar-refractivity contribution in [2.75, 3.05) is 25.4 Å². The van der Waals surface area contributed by atoms with E-state index in [1.807, 2.05) is 6.92 Å². The molecule has 0 aromatic heterocycles. The number of ketones is 1. The van der Waals surface area contributed by atoms with E-state index in [4.69, 9.17) is 15.6 Å². The minimum Gasteiger partial charge on any atom is -0.492 e. The van der Waals surface area contributed by atoms with E-state index in [1.165, 1.54) is 0 Å². The maximum Gasteiger partial charge on any atom is 0.304 e. The Balaban J connectivity index is 2.53. The molecule has 0 bridgehead atoms. The Hall–Kier alpha value is -2.08. The van der Waals surface area contributed by atoms with Crippen LogP contribution < -0.4 is 15.8 Å². The van der Waals surface area contributed by atoms with Crippen LogP contribution in [-0.2, 0) is 4.79 Å². The largest absolute Gasteiger partial charge is 0.492 e. The van der Waals surface area contributed by atoms with Crippen molar-refractivity contribution >= 4 is 17.4 Å². The Morgan fingerprint density at radius 2 is 2.16 bits per heavy atom. The van der Waals surface area contributed by atoms with Gasteiger partial charge in [-0.15, -0.1) is 0 Å². The van der Waals surface area contributed by atoms with Crippen molar-refractivity contribution in [1.82, 2.24) is 5.32 Å². The Bertz CT molecular complexity index is 460. The fraction of sp³-hybridized carbons (Fsp3) is 0.385. The Kier molecular flexibility index (Phi) is 5.81. The lowest BCUT2D eigenvalue weighted by molar-refractivity contribution is -0.136. The van der Waals surface area contributed by atoms with Gasteiger partial charge in [0.15, 0.2) is 5.78 Å². The summed E-state index contributed by atoms with van der Waals surface area (Å²) >= 11 is 0. The number of nitrogens with two attached hydrogens (primary N) is 1. The molecule has 0 radical (unpaired) electrons.